The van der Waals surface area contributed by atoms with Crippen molar-refractivity contribution in [2.24, 2.45) is 0 Å². The van der Waals surface area contributed by atoms with Crippen LogP contribution in [0.1, 0.15) is 24.1 Å². The highest BCUT2D eigenvalue weighted by Gasteiger charge is 2.09. The van der Waals surface area contributed by atoms with Gasteiger partial charge in [-0.15, -0.1) is 0 Å². The molecule has 0 amide bonds. The molecular formula is C15H15ClFN. The Hall–Kier alpha value is -1.54. The summed E-state index contributed by atoms with van der Waals surface area (Å²) in [6.45, 7) is 4.03. The van der Waals surface area contributed by atoms with E-state index in [1.165, 1.54) is 11.6 Å². The van der Waals surface area contributed by atoms with Crippen LogP contribution >= 0.6 is 11.6 Å². The van der Waals surface area contributed by atoms with Crippen LogP contribution in [0.15, 0.2) is 42.5 Å². The van der Waals surface area contributed by atoms with Gasteiger partial charge in [0.15, 0.2) is 0 Å². The molecule has 0 saturated carbocycles. The molecule has 0 aliphatic rings. The van der Waals surface area contributed by atoms with E-state index < -0.39 is 0 Å². The van der Waals surface area contributed by atoms with Gasteiger partial charge >= 0.3 is 0 Å². The molecule has 0 fully saturated rings. The lowest BCUT2D eigenvalue weighted by Crippen LogP contribution is -2.07. The molecule has 1 N–H and O–H groups in total. The minimum atomic E-state index is -0.382. The van der Waals surface area contributed by atoms with Crippen molar-refractivity contribution < 1.29 is 4.39 Å². The number of rotatable bonds is 3. The fourth-order valence-electron chi connectivity index (χ4n) is 1.83. The third-order valence-electron chi connectivity index (χ3n) is 2.96. The molecule has 0 spiro atoms. The van der Waals surface area contributed by atoms with Crippen LogP contribution in [-0.2, 0) is 0 Å². The van der Waals surface area contributed by atoms with Crippen molar-refractivity contribution in [1.82, 2.24) is 0 Å². The van der Waals surface area contributed by atoms with E-state index in [-0.39, 0.29) is 16.9 Å². The van der Waals surface area contributed by atoms with Crippen molar-refractivity contribution in [3.8, 4) is 0 Å². The van der Waals surface area contributed by atoms with Crippen molar-refractivity contribution in [3.05, 3.63) is 64.4 Å². The van der Waals surface area contributed by atoms with Crippen molar-refractivity contribution in [2.75, 3.05) is 5.32 Å². The quantitative estimate of drug-likeness (QED) is 0.825. The summed E-state index contributed by atoms with van der Waals surface area (Å²) in [7, 11) is 0. The number of benzene rings is 2. The summed E-state index contributed by atoms with van der Waals surface area (Å²) < 4.78 is 13.4. The van der Waals surface area contributed by atoms with E-state index in [2.05, 4.69) is 5.32 Å². The van der Waals surface area contributed by atoms with E-state index in [0.717, 1.165) is 11.3 Å². The average molecular weight is 264 g/mol. The van der Waals surface area contributed by atoms with Crippen LogP contribution < -0.4 is 5.32 Å². The molecule has 0 saturated heterocycles. The predicted octanol–water partition coefficient (Wildman–Crippen LogP) is 4.96. The molecule has 0 heterocycles. The van der Waals surface area contributed by atoms with Crippen molar-refractivity contribution >= 4 is 17.3 Å². The molecule has 1 nitrogen and oxygen atoms in total. The predicted molar refractivity (Wildman–Crippen MR) is 74.6 cm³/mol. The van der Waals surface area contributed by atoms with Gasteiger partial charge in [-0.25, -0.2) is 4.39 Å². The maximum Gasteiger partial charge on any atom is 0.142 e. The molecule has 0 radical (unpaired) electrons. The number of hydrogen-bond acceptors (Lipinski definition) is 1. The van der Waals surface area contributed by atoms with Gasteiger partial charge in [-0.05, 0) is 43.2 Å². The van der Waals surface area contributed by atoms with Crippen molar-refractivity contribution in [3.63, 3.8) is 0 Å². The second kappa shape index (κ2) is 5.40. The number of para-hydroxylation sites is 1. The second-order valence-corrected chi connectivity index (χ2v) is 4.76. The zero-order valence-electron chi connectivity index (χ0n) is 10.4. The maximum absolute atomic E-state index is 13.4. The van der Waals surface area contributed by atoms with Crippen LogP contribution in [0, 0.1) is 12.7 Å². The number of aryl methyl sites for hydroxylation is 1. The molecule has 2 rings (SSSR count). The summed E-state index contributed by atoms with van der Waals surface area (Å²) in [5, 5.41) is 3.52. The molecule has 0 aromatic heterocycles. The molecule has 0 aliphatic heterocycles. The Morgan fingerprint density at radius 3 is 2.56 bits per heavy atom. The van der Waals surface area contributed by atoms with Crippen LogP contribution in [0.4, 0.5) is 10.1 Å². The van der Waals surface area contributed by atoms with Crippen LogP contribution in [0.2, 0.25) is 5.02 Å². The summed E-state index contributed by atoms with van der Waals surface area (Å²) in [5.41, 5.74) is 3.10. The van der Waals surface area contributed by atoms with Gasteiger partial charge in [0.1, 0.15) is 5.82 Å². The molecule has 2 aromatic rings. The minimum absolute atomic E-state index is 0.0258. The van der Waals surface area contributed by atoms with Crippen LogP contribution in [-0.4, -0.2) is 0 Å². The number of nitrogens with one attached hydrogen (secondary N) is 1. The molecule has 0 aliphatic carbocycles. The highest BCUT2D eigenvalue weighted by atomic mass is 35.5. The Labute approximate surface area is 112 Å². The number of hydrogen-bond donors (Lipinski definition) is 1. The van der Waals surface area contributed by atoms with E-state index in [0.29, 0.717) is 0 Å². The fraction of sp³-hybridized carbons (Fsp3) is 0.200. The Morgan fingerprint density at radius 1 is 1.17 bits per heavy atom. The highest BCUT2D eigenvalue weighted by Crippen LogP contribution is 2.24. The molecule has 1 unspecified atom stereocenters. The third kappa shape index (κ3) is 2.82. The first-order chi connectivity index (χ1) is 8.58. The zero-order chi connectivity index (χ0) is 13.1. The lowest BCUT2D eigenvalue weighted by atomic mass is 10.1. The lowest BCUT2D eigenvalue weighted by Gasteiger charge is -2.17. The molecule has 2 aromatic carbocycles. The Bertz CT molecular complexity index is 554. The first-order valence-electron chi connectivity index (χ1n) is 5.85. The van der Waals surface area contributed by atoms with Gasteiger partial charge in [0.25, 0.3) is 0 Å². The summed E-state index contributed by atoms with van der Waals surface area (Å²) in [6.07, 6.45) is 0. The van der Waals surface area contributed by atoms with Gasteiger partial charge in [-0.1, -0.05) is 35.9 Å². The Balaban J connectivity index is 2.19. The van der Waals surface area contributed by atoms with Gasteiger partial charge in [0.2, 0.25) is 0 Å². The van der Waals surface area contributed by atoms with Gasteiger partial charge < -0.3 is 5.32 Å². The van der Waals surface area contributed by atoms with Gasteiger partial charge in [0, 0.05) is 11.7 Å². The molecule has 3 heteroatoms. The molecular weight excluding hydrogens is 249 g/mol. The summed E-state index contributed by atoms with van der Waals surface area (Å²) in [5.74, 6) is -0.382. The third-order valence-corrected chi connectivity index (χ3v) is 3.27. The van der Waals surface area contributed by atoms with Crippen LogP contribution in [0.3, 0.4) is 0 Å². The van der Waals surface area contributed by atoms with Gasteiger partial charge in [-0.3, -0.25) is 0 Å². The largest absolute Gasteiger partial charge is 0.378 e. The molecule has 0 bridgehead atoms. The average Bonchev–Trinajstić information content (AvgIpc) is 2.35. The Kier molecular flexibility index (Phi) is 3.87. The van der Waals surface area contributed by atoms with E-state index in [9.17, 15) is 4.39 Å². The maximum atomic E-state index is 13.4. The van der Waals surface area contributed by atoms with E-state index in [4.69, 9.17) is 11.6 Å². The standard InChI is InChI=1S/C15H15ClFN/c1-10-5-3-4-6-15(10)18-11(2)12-7-8-13(16)14(17)9-12/h3-9,11,18H,1-2H3. The zero-order valence-corrected chi connectivity index (χ0v) is 11.1. The second-order valence-electron chi connectivity index (χ2n) is 4.35. The minimum Gasteiger partial charge on any atom is -0.378 e. The monoisotopic (exact) mass is 263 g/mol. The molecule has 18 heavy (non-hydrogen) atoms. The van der Waals surface area contributed by atoms with Gasteiger partial charge in [0.05, 0.1) is 5.02 Å². The first kappa shape index (κ1) is 12.9. The summed E-state index contributed by atoms with van der Waals surface area (Å²) in [6, 6.07) is 12.9. The highest BCUT2D eigenvalue weighted by molar-refractivity contribution is 6.30. The van der Waals surface area contributed by atoms with Crippen molar-refractivity contribution in [1.29, 1.82) is 0 Å². The van der Waals surface area contributed by atoms with Crippen LogP contribution in [0.25, 0.3) is 0 Å². The first-order valence-corrected chi connectivity index (χ1v) is 6.23. The van der Waals surface area contributed by atoms with Crippen molar-refractivity contribution in [2.45, 2.75) is 19.9 Å². The normalized spacial score (nSPS) is 12.2. The van der Waals surface area contributed by atoms with E-state index in [1.807, 2.05) is 44.2 Å². The smallest absolute Gasteiger partial charge is 0.142 e. The number of halogens is 2. The fourth-order valence-corrected chi connectivity index (χ4v) is 1.95. The lowest BCUT2D eigenvalue weighted by molar-refractivity contribution is 0.624. The van der Waals surface area contributed by atoms with E-state index >= 15 is 0 Å². The van der Waals surface area contributed by atoms with E-state index in [1.54, 1.807) is 6.07 Å². The van der Waals surface area contributed by atoms with Gasteiger partial charge in [-0.2, -0.15) is 0 Å². The topological polar surface area (TPSA) is 12.0 Å². The summed E-state index contributed by atoms with van der Waals surface area (Å²) in [4.78, 5) is 0. The summed E-state index contributed by atoms with van der Waals surface area (Å²) >= 11 is 5.68. The molecule has 94 valence electrons. The SMILES string of the molecule is Cc1ccccc1NC(C)c1ccc(Cl)c(F)c1. The Morgan fingerprint density at radius 2 is 1.89 bits per heavy atom. The van der Waals surface area contributed by atoms with Crippen LogP contribution in [0.5, 0.6) is 0 Å². The molecule has 1 atom stereocenters. The number of anilines is 1.